The Hall–Kier alpha value is -1.62. The van der Waals surface area contributed by atoms with Crippen LogP contribution < -0.4 is 4.90 Å². The van der Waals surface area contributed by atoms with Gasteiger partial charge in [-0.25, -0.2) is 9.78 Å². The van der Waals surface area contributed by atoms with Gasteiger partial charge >= 0.3 is 6.09 Å². The van der Waals surface area contributed by atoms with Crippen molar-refractivity contribution in [3.63, 3.8) is 0 Å². The van der Waals surface area contributed by atoms with Crippen LogP contribution in [0.1, 0.15) is 84.2 Å². The highest BCUT2D eigenvalue weighted by Gasteiger charge is 2.34. The summed E-state index contributed by atoms with van der Waals surface area (Å²) in [6.45, 7) is 10.3. The molecule has 0 bridgehead atoms. The van der Waals surface area contributed by atoms with Crippen LogP contribution in [0.2, 0.25) is 0 Å². The van der Waals surface area contributed by atoms with E-state index in [4.69, 9.17) is 9.72 Å². The molecule has 27 heavy (non-hydrogen) atoms. The smallest absolute Gasteiger partial charge is 0.416 e. The lowest BCUT2D eigenvalue weighted by Crippen LogP contribution is -2.47. The molecule has 1 aromatic heterocycles. The molecule has 1 saturated carbocycles. The van der Waals surface area contributed by atoms with Crippen LogP contribution in [-0.2, 0) is 4.74 Å². The van der Waals surface area contributed by atoms with Crippen molar-refractivity contribution < 1.29 is 9.53 Å². The molecule has 0 N–H and O–H groups in total. The Kier molecular flexibility index (Phi) is 6.40. The molecule has 1 aliphatic carbocycles. The standard InChI is InChI=1S/C22H35N3O2/c1-5-14-24-15-7-6-11-19(24)17-12-13-20(23-16-17)25(18-9-8-10-18)21(26)27-22(2,3)4/h12-13,16,18-19H,5-11,14-15H2,1-4H3. The van der Waals surface area contributed by atoms with Crippen molar-refractivity contribution in [1.82, 2.24) is 9.88 Å². The maximum absolute atomic E-state index is 12.8. The van der Waals surface area contributed by atoms with Crippen molar-refractivity contribution >= 4 is 11.9 Å². The number of hydrogen-bond donors (Lipinski definition) is 0. The lowest BCUT2D eigenvalue weighted by atomic mass is 9.91. The largest absolute Gasteiger partial charge is 0.443 e. The average molecular weight is 374 g/mol. The highest BCUT2D eigenvalue weighted by atomic mass is 16.6. The van der Waals surface area contributed by atoms with Gasteiger partial charge in [0, 0.05) is 18.3 Å². The van der Waals surface area contributed by atoms with E-state index >= 15 is 0 Å². The van der Waals surface area contributed by atoms with Gasteiger partial charge in [0.1, 0.15) is 11.4 Å². The van der Waals surface area contributed by atoms with Gasteiger partial charge in [-0.05, 0) is 84.0 Å². The van der Waals surface area contributed by atoms with Gasteiger partial charge in [-0.3, -0.25) is 9.80 Å². The van der Waals surface area contributed by atoms with E-state index in [1.165, 1.54) is 37.8 Å². The van der Waals surface area contributed by atoms with Crippen molar-refractivity contribution in [2.24, 2.45) is 0 Å². The molecule has 1 amide bonds. The molecule has 2 fully saturated rings. The molecule has 1 aromatic rings. The molecule has 5 nitrogen and oxygen atoms in total. The minimum Gasteiger partial charge on any atom is -0.443 e. The summed E-state index contributed by atoms with van der Waals surface area (Å²) < 4.78 is 5.65. The van der Waals surface area contributed by atoms with E-state index in [1.807, 2.05) is 33.0 Å². The van der Waals surface area contributed by atoms with Crippen LogP contribution in [0.25, 0.3) is 0 Å². The maximum atomic E-state index is 12.8. The van der Waals surface area contributed by atoms with Crippen LogP contribution in [0.3, 0.4) is 0 Å². The zero-order valence-corrected chi connectivity index (χ0v) is 17.4. The summed E-state index contributed by atoms with van der Waals surface area (Å²) in [7, 11) is 0. The van der Waals surface area contributed by atoms with Gasteiger partial charge in [0.2, 0.25) is 0 Å². The van der Waals surface area contributed by atoms with Crippen molar-refractivity contribution in [3.05, 3.63) is 23.9 Å². The lowest BCUT2D eigenvalue weighted by molar-refractivity contribution is 0.0548. The normalized spacial score (nSPS) is 21.6. The number of amides is 1. The van der Waals surface area contributed by atoms with Crippen LogP contribution in [0, 0.1) is 0 Å². The van der Waals surface area contributed by atoms with E-state index in [1.54, 1.807) is 4.90 Å². The average Bonchev–Trinajstić information content (AvgIpc) is 2.57. The third-order valence-electron chi connectivity index (χ3n) is 5.56. The highest BCUT2D eigenvalue weighted by molar-refractivity contribution is 5.87. The van der Waals surface area contributed by atoms with E-state index in [2.05, 4.69) is 17.9 Å². The summed E-state index contributed by atoms with van der Waals surface area (Å²) in [6.07, 6.45) is 9.84. The fourth-order valence-electron chi connectivity index (χ4n) is 4.05. The Morgan fingerprint density at radius 3 is 2.56 bits per heavy atom. The van der Waals surface area contributed by atoms with Crippen molar-refractivity contribution in [2.45, 2.75) is 90.3 Å². The minimum absolute atomic E-state index is 0.212. The molecular formula is C22H35N3O2. The van der Waals surface area contributed by atoms with E-state index < -0.39 is 5.60 Å². The van der Waals surface area contributed by atoms with Gasteiger partial charge < -0.3 is 4.74 Å². The Balaban J connectivity index is 1.77. The first-order valence-electron chi connectivity index (χ1n) is 10.6. The zero-order chi connectivity index (χ0) is 19.4. The second kappa shape index (κ2) is 8.59. The molecule has 150 valence electrons. The van der Waals surface area contributed by atoms with Gasteiger partial charge in [-0.2, -0.15) is 0 Å². The SMILES string of the molecule is CCCN1CCCCC1c1ccc(N(C(=O)OC(C)(C)C)C2CCC2)nc1. The Labute approximate surface area is 164 Å². The van der Waals surface area contributed by atoms with Crippen molar-refractivity contribution in [1.29, 1.82) is 0 Å². The maximum Gasteiger partial charge on any atom is 0.416 e. The first kappa shape index (κ1) is 20.1. The first-order chi connectivity index (χ1) is 12.9. The molecule has 0 aromatic carbocycles. The number of piperidine rings is 1. The van der Waals surface area contributed by atoms with Gasteiger partial charge in [0.15, 0.2) is 0 Å². The van der Waals surface area contributed by atoms with Gasteiger partial charge in [-0.15, -0.1) is 0 Å². The van der Waals surface area contributed by atoms with Crippen LogP contribution in [-0.4, -0.2) is 40.7 Å². The number of likely N-dealkylation sites (tertiary alicyclic amines) is 1. The molecule has 2 aliphatic rings. The molecule has 1 atom stereocenters. The number of nitrogens with zero attached hydrogens (tertiary/aromatic N) is 3. The second-order valence-corrected chi connectivity index (χ2v) is 8.93. The van der Waals surface area contributed by atoms with Crippen molar-refractivity contribution in [2.75, 3.05) is 18.0 Å². The number of aromatic nitrogens is 1. The third kappa shape index (κ3) is 5.01. The topological polar surface area (TPSA) is 45.7 Å². The molecule has 1 aliphatic heterocycles. The Morgan fingerprint density at radius 1 is 1.22 bits per heavy atom. The summed E-state index contributed by atoms with van der Waals surface area (Å²) >= 11 is 0. The van der Waals surface area contributed by atoms with Crippen molar-refractivity contribution in [3.8, 4) is 0 Å². The quantitative estimate of drug-likeness (QED) is 0.701. The summed E-state index contributed by atoms with van der Waals surface area (Å²) in [5, 5.41) is 0. The predicted octanol–water partition coefficient (Wildman–Crippen LogP) is 5.31. The molecule has 0 spiro atoms. The van der Waals surface area contributed by atoms with Gasteiger partial charge in [0.25, 0.3) is 0 Å². The minimum atomic E-state index is -0.498. The zero-order valence-electron chi connectivity index (χ0n) is 17.4. The van der Waals surface area contributed by atoms with E-state index in [9.17, 15) is 4.79 Å². The first-order valence-corrected chi connectivity index (χ1v) is 10.6. The number of carbonyl (C=O) groups excluding carboxylic acids is 1. The van der Waals surface area contributed by atoms with Crippen LogP contribution in [0.4, 0.5) is 10.6 Å². The molecule has 1 saturated heterocycles. The number of pyridine rings is 1. The van der Waals surface area contributed by atoms with E-state index in [0.29, 0.717) is 6.04 Å². The molecule has 5 heteroatoms. The number of anilines is 1. The molecule has 2 heterocycles. The Morgan fingerprint density at radius 2 is 2.00 bits per heavy atom. The Bertz CT molecular complexity index is 617. The molecule has 3 rings (SSSR count). The van der Waals surface area contributed by atoms with E-state index in [-0.39, 0.29) is 12.1 Å². The highest BCUT2D eigenvalue weighted by Crippen LogP contribution is 2.33. The number of carbonyl (C=O) groups is 1. The molecule has 0 radical (unpaired) electrons. The van der Waals surface area contributed by atoms with Gasteiger partial charge in [0.05, 0.1) is 0 Å². The second-order valence-electron chi connectivity index (χ2n) is 8.93. The van der Waals surface area contributed by atoms with Crippen LogP contribution in [0.5, 0.6) is 0 Å². The number of rotatable bonds is 5. The fourth-order valence-corrected chi connectivity index (χ4v) is 4.05. The third-order valence-corrected chi connectivity index (χ3v) is 5.56. The summed E-state index contributed by atoms with van der Waals surface area (Å²) in [5.41, 5.74) is 0.770. The number of hydrogen-bond acceptors (Lipinski definition) is 4. The molecular weight excluding hydrogens is 338 g/mol. The molecule has 1 unspecified atom stereocenters. The number of ether oxygens (including phenoxy) is 1. The summed E-state index contributed by atoms with van der Waals surface area (Å²) in [6, 6.07) is 4.84. The van der Waals surface area contributed by atoms with Gasteiger partial charge in [-0.1, -0.05) is 19.4 Å². The monoisotopic (exact) mass is 373 g/mol. The summed E-state index contributed by atoms with van der Waals surface area (Å²) in [5.74, 6) is 0.718. The van der Waals surface area contributed by atoms with Crippen LogP contribution >= 0.6 is 0 Å². The summed E-state index contributed by atoms with van der Waals surface area (Å²) in [4.78, 5) is 21.8. The predicted molar refractivity (Wildman–Crippen MR) is 109 cm³/mol. The van der Waals surface area contributed by atoms with E-state index in [0.717, 1.165) is 31.6 Å². The lowest BCUT2D eigenvalue weighted by Gasteiger charge is -2.38. The van der Waals surface area contributed by atoms with Crippen LogP contribution in [0.15, 0.2) is 18.3 Å². The fraction of sp³-hybridized carbons (Fsp3) is 0.727.